The van der Waals surface area contributed by atoms with E-state index in [9.17, 15) is 0 Å². The molecule has 0 spiro atoms. The van der Waals surface area contributed by atoms with Crippen molar-refractivity contribution in [1.82, 2.24) is 0 Å². The fourth-order valence-corrected chi connectivity index (χ4v) is 0.988. The van der Waals surface area contributed by atoms with Gasteiger partial charge in [0.2, 0.25) is 0 Å². The van der Waals surface area contributed by atoms with E-state index in [-0.39, 0.29) is 25.9 Å². The maximum atomic E-state index is 5.75. The fraction of sp³-hybridized carbons (Fsp3) is 0.250. The summed E-state index contributed by atoms with van der Waals surface area (Å²) in [4.78, 5) is 0. The van der Waals surface area contributed by atoms with E-state index in [1.165, 1.54) is 0 Å². The first kappa shape index (κ1) is 11.9. The van der Waals surface area contributed by atoms with E-state index in [2.05, 4.69) is 0 Å². The van der Waals surface area contributed by atoms with Gasteiger partial charge in [0.25, 0.3) is 0 Å². The molecule has 4 heteroatoms. The Morgan fingerprint density at radius 1 is 1.08 bits per heavy atom. The molecule has 1 aromatic carbocycles. The van der Waals surface area contributed by atoms with Crippen LogP contribution in [-0.4, -0.2) is 37.3 Å². The van der Waals surface area contributed by atoms with Crippen LogP contribution in [-0.2, 0) is 0 Å². The summed E-state index contributed by atoms with van der Waals surface area (Å²) in [5, 5.41) is 0.612. The summed E-state index contributed by atoms with van der Waals surface area (Å²) >= 11 is 5.75. The Labute approximate surface area is 95.9 Å². The van der Waals surface area contributed by atoms with Crippen molar-refractivity contribution < 1.29 is 12.3 Å². The van der Waals surface area contributed by atoms with E-state index in [1.807, 2.05) is 0 Å². The smallest absolute Gasteiger partial charge is 1.00 e. The summed E-state index contributed by atoms with van der Waals surface area (Å²) in [5.41, 5.74) is 0. The van der Waals surface area contributed by atoms with E-state index in [0.29, 0.717) is 16.5 Å². The van der Waals surface area contributed by atoms with Crippen LogP contribution in [0.4, 0.5) is 0 Å². The first-order valence-electron chi connectivity index (χ1n) is 3.15. The Hall–Kier alpha value is -0.124. The summed E-state index contributed by atoms with van der Waals surface area (Å²) in [6, 6.07) is 5.22. The van der Waals surface area contributed by atoms with Crippen molar-refractivity contribution in [3.8, 4) is 11.5 Å². The average Bonchev–Trinajstić information content (AvgIpc) is 2.03. The van der Waals surface area contributed by atoms with E-state index >= 15 is 0 Å². The molecule has 0 bridgehead atoms. The van der Waals surface area contributed by atoms with Crippen molar-refractivity contribution in [2.45, 2.75) is 0 Å². The molecule has 0 aliphatic rings. The molecule has 0 radical (unpaired) electrons. The molecule has 12 heavy (non-hydrogen) atoms. The van der Waals surface area contributed by atoms with Gasteiger partial charge in [0, 0.05) is 11.1 Å². The summed E-state index contributed by atoms with van der Waals surface area (Å²) in [7, 11) is 3.18. The van der Waals surface area contributed by atoms with Gasteiger partial charge < -0.3 is 12.3 Å². The van der Waals surface area contributed by atoms with Crippen LogP contribution in [0.25, 0.3) is 0 Å². The van der Waals surface area contributed by atoms with Crippen molar-refractivity contribution in [2.75, 3.05) is 14.2 Å². The molecule has 0 fully saturated rings. The molecule has 64 valence electrons. The van der Waals surface area contributed by atoms with E-state index in [4.69, 9.17) is 21.1 Å². The first-order chi connectivity index (χ1) is 5.26. The van der Waals surface area contributed by atoms with Gasteiger partial charge in [-0.25, -0.2) is 0 Å². The van der Waals surface area contributed by atoms with Gasteiger partial charge in [-0.3, -0.25) is 0 Å². The van der Waals surface area contributed by atoms with E-state index < -0.39 is 0 Å². The van der Waals surface area contributed by atoms with Crippen LogP contribution in [0.2, 0.25) is 5.02 Å². The zero-order valence-corrected chi connectivity index (χ0v) is 9.30. The number of halogens is 1. The fourth-order valence-electron chi connectivity index (χ4n) is 0.773. The standard InChI is InChI=1S/C8H9ClO2.Mg.2H/c1-10-7-3-6(9)4-8(5-7)11-2;;;/h3-5H,1-2H3;;;/q;+2;2*-1. The number of methoxy groups -OCH3 is 2. The molecule has 0 N–H and O–H groups in total. The van der Waals surface area contributed by atoms with Gasteiger partial charge in [0.05, 0.1) is 14.2 Å². The van der Waals surface area contributed by atoms with Gasteiger partial charge in [0.1, 0.15) is 11.5 Å². The predicted octanol–water partition coefficient (Wildman–Crippen LogP) is 2.20. The molecule has 0 saturated heterocycles. The van der Waals surface area contributed by atoms with Crippen LogP contribution >= 0.6 is 11.6 Å². The Kier molecular flexibility index (Phi) is 5.45. The number of hydrogen-bond acceptors (Lipinski definition) is 2. The normalized spacial score (nSPS) is 8.58. The van der Waals surface area contributed by atoms with Crippen molar-refractivity contribution in [1.29, 1.82) is 0 Å². The number of benzene rings is 1. The second-order valence-electron chi connectivity index (χ2n) is 2.03. The number of rotatable bonds is 2. The number of ether oxygens (including phenoxy) is 2. The second kappa shape index (κ2) is 5.51. The molecule has 0 aromatic heterocycles. The maximum Gasteiger partial charge on any atom is 2.00 e. The molecular weight excluding hydrogens is 188 g/mol. The Balaban J connectivity index is -0.000000403. The molecule has 2 nitrogen and oxygen atoms in total. The molecule has 0 aliphatic carbocycles. The van der Waals surface area contributed by atoms with Gasteiger partial charge in [-0.2, -0.15) is 0 Å². The minimum atomic E-state index is 0. The molecule has 0 aliphatic heterocycles. The van der Waals surface area contributed by atoms with Crippen LogP contribution in [0.1, 0.15) is 2.85 Å². The second-order valence-corrected chi connectivity index (χ2v) is 2.47. The SMILES string of the molecule is COc1cc(Cl)cc(OC)c1.[H-].[H-].[Mg+2]. The first-order valence-corrected chi connectivity index (χ1v) is 3.52. The van der Waals surface area contributed by atoms with Crippen molar-refractivity contribution >= 4 is 34.7 Å². The molecule has 0 saturated carbocycles. The Morgan fingerprint density at radius 2 is 1.50 bits per heavy atom. The minimum Gasteiger partial charge on any atom is -1.00 e. The summed E-state index contributed by atoms with van der Waals surface area (Å²) in [5.74, 6) is 1.41. The quantitative estimate of drug-likeness (QED) is 0.679. The topological polar surface area (TPSA) is 18.5 Å². The van der Waals surface area contributed by atoms with Gasteiger partial charge in [-0.05, 0) is 12.1 Å². The molecule has 1 rings (SSSR count). The average molecular weight is 199 g/mol. The minimum absolute atomic E-state index is 0. The van der Waals surface area contributed by atoms with Crippen LogP contribution in [0.3, 0.4) is 0 Å². The largest absolute Gasteiger partial charge is 2.00 e. The van der Waals surface area contributed by atoms with Gasteiger partial charge in [-0.15, -0.1) is 0 Å². The maximum absolute atomic E-state index is 5.75. The zero-order chi connectivity index (χ0) is 8.27. The predicted molar refractivity (Wildman–Crippen MR) is 52.5 cm³/mol. The molecule has 0 atom stereocenters. The van der Waals surface area contributed by atoms with Crippen molar-refractivity contribution in [3.63, 3.8) is 0 Å². The summed E-state index contributed by atoms with van der Waals surface area (Å²) in [6.07, 6.45) is 0. The van der Waals surface area contributed by atoms with Crippen LogP contribution in [0.5, 0.6) is 11.5 Å². The molecule has 1 aromatic rings. The van der Waals surface area contributed by atoms with Crippen molar-refractivity contribution in [2.24, 2.45) is 0 Å². The Bertz CT molecular complexity index is 239. The van der Waals surface area contributed by atoms with E-state index in [0.717, 1.165) is 0 Å². The third-order valence-corrected chi connectivity index (χ3v) is 1.53. The van der Waals surface area contributed by atoms with Gasteiger partial charge in [0.15, 0.2) is 0 Å². The molecular formula is C8H11ClMgO2. The monoisotopic (exact) mass is 198 g/mol. The molecule has 0 amide bonds. The third kappa shape index (κ3) is 3.09. The summed E-state index contributed by atoms with van der Waals surface area (Å²) in [6.45, 7) is 0. The van der Waals surface area contributed by atoms with Gasteiger partial charge >= 0.3 is 23.1 Å². The molecule has 0 heterocycles. The van der Waals surface area contributed by atoms with Gasteiger partial charge in [-0.1, -0.05) is 11.6 Å². The van der Waals surface area contributed by atoms with E-state index in [1.54, 1.807) is 32.4 Å². The van der Waals surface area contributed by atoms with Crippen LogP contribution in [0, 0.1) is 0 Å². The van der Waals surface area contributed by atoms with Crippen LogP contribution < -0.4 is 9.47 Å². The van der Waals surface area contributed by atoms with Crippen LogP contribution in [0.15, 0.2) is 18.2 Å². The third-order valence-electron chi connectivity index (χ3n) is 1.32. The number of hydrogen-bond donors (Lipinski definition) is 0. The van der Waals surface area contributed by atoms with Crippen molar-refractivity contribution in [3.05, 3.63) is 23.2 Å². The Morgan fingerprint density at radius 3 is 1.83 bits per heavy atom. The zero-order valence-electron chi connectivity index (χ0n) is 9.13. The molecule has 0 unspecified atom stereocenters. The summed E-state index contributed by atoms with van der Waals surface area (Å²) < 4.78 is 9.95.